The van der Waals surface area contributed by atoms with Crippen LogP contribution in [0.4, 0.5) is 16.3 Å². The Bertz CT molecular complexity index is 1580. The van der Waals surface area contributed by atoms with Gasteiger partial charge in [-0.2, -0.15) is 4.37 Å². The lowest BCUT2D eigenvalue weighted by Crippen LogP contribution is -2.47. The molecular formula is C38H51ClN4O6S. The minimum absolute atomic E-state index is 0.0622. The molecule has 0 bridgehead atoms. The van der Waals surface area contributed by atoms with Gasteiger partial charge in [-0.05, 0) is 60.6 Å². The van der Waals surface area contributed by atoms with Crippen LogP contribution < -0.4 is 9.80 Å². The monoisotopic (exact) mass is 726 g/mol. The molecular weight excluding hydrogens is 676 g/mol. The lowest BCUT2D eigenvalue weighted by Gasteiger charge is -2.35. The standard InChI is InChI=1S/C38H51ClN4O6S/c1-3-5-6-7-8-9-10-11-12-15-24-48-38(46)49-36(37(45)47-4-2)43-32-27-31(39)28(25-29(32)26-34(43)44)18-19-41-20-22-42(23-21-41)35-30-16-13-14-17-33(30)50-40-35/h13-14,16-17,25,27,36H,3-12,15,18-24,26H2,1-2H3. The molecule has 3 heterocycles. The molecule has 0 radical (unpaired) electrons. The first-order valence-corrected chi connectivity index (χ1v) is 19.5. The van der Waals surface area contributed by atoms with Gasteiger partial charge >= 0.3 is 12.1 Å². The maximum Gasteiger partial charge on any atom is 0.510 e. The lowest BCUT2D eigenvalue weighted by atomic mass is 10.1. The van der Waals surface area contributed by atoms with E-state index in [1.54, 1.807) is 24.5 Å². The van der Waals surface area contributed by atoms with Gasteiger partial charge < -0.3 is 19.1 Å². The van der Waals surface area contributed by atoms with Crippen molar-refractivity contribution >= 4 is 62.8 Å². The SMILES string of the molecule is CCCCCCCCCCCCOC(=O)OC(C(=O)OCC)N1C(=O)Cc2cc(CCN3CCN(c4nsc5ccccc45)CC3)c(Cl)cc21. The van der Waals surface area contributed by atoms with Crippen molar-refractivity contribution < 1.29 is 28.6 Å². The van der Waals surface area contributed by atoms with Crippen molar-refractivity contribution in [2.45, 2.75) is 97.1 Å². The van der Waals surface area contributed by atoms with Gasteiger partial charge in [-0.3, -0.25) is 14.6 Å². The van der Waals surface area contributed by atoms with E-state index in [-0.39, 0.29) is 25.5 Å². The van der Waals surface area contributed by atoms with Gasteiger partial charge in [-0.1, -0.05) is 94.5 Å². The number of aromatic nitrogens is 1. The molecule has 0 aliphatic carbocycles. The highest BCUT2D eigenvalue weighted by molar-refractivity contribution is 7.13. The first-order chi connectivity index (χ1) is 24.4. The maximum absolute atomic E-state index is 13.3. The number of piperazine rings is 1. The van der Waals surface area contributed by atoms with Gasteiger partial charge in [0.05, 0.1) is 30.0 Å². The van der Waals surface area contributed by atoms with Crippen molar-refractivity contribution in [2.75, 3.05) is 55.7 Å². The molecule has 1 aromatic heterocycles. The van der Waals surface area contributed by atoms with Crippen molar-refractivity contribution in [3.05, 3.63) is 52.5 Å². The fourth-order valence-electron chi connectivity index (χ4n) is 6.71. The summed E-state index contributed by atoms with van der Waals surface area (Å²) in [5.41, 5.74) is 2.09. The average molecular weight is 727 g/mol. The summed E-state index contributed by atoms with van der Waals surface area (Å²) in [6.45, 7) is 8.56. The summed E-state index contributed by atoms with van der Waals surface area (Å²) in [6, 6.07) is 12.0. The lowest BCUT2D eigenvalue weighted by molar-refractivity contribution is -0.155. The van der Waals surface area contributed by atoms with Crippen molar-refractivity contribution in [1.29, 1.82) is 0 Å². The third-order valence-corrected chi connectivity index (χ3v) is 10.7. The van der Waals surface area contributed by atoms with Gasteiger partial charge in [0.25, 0.3) is 6.23 Å². The number of ether oxygens (including phenoxy) is 3. The van der Waals surface area contributed by atoms with Crippen molar-refractivity contribution in [1.82, 2.24) is 9.27 Å². The zero-order valence-electron chi connectivity index (χ0n) is 29.5. The summed E-state index contributed by atoms with van der Waals surface area (Å²) in [7, 11) is 0. The Balaban J connectivity index is 1.11. The molecule has 1 amide bonds. The number of carbonyl (C=O) groups excluding carboxylic acids is 3. The Morgan fingerprint density at radius 3 is 2.34 bits per heavy atom. The van der Waals surface area contributed by atoms with Crippen LogP contribution in [0.15, 0.2) is 36.4 Å². The van der Waals surface area contributed by atoms with Crippen LogP contribution >= 0.6 is 23.1 Å². The van der Waals surface area contributed by atoms with E-state index in [0.717, 1.165) is 62.5 Å². The van der Waals surface area contributed by atoms with Crippen molar-refractivity contribution in [3.8, 4) is 0 Å². The number of halogens is 1. The van der Waals surface area contributed by atoms with E-state index in [1.807, 2.05) is 12.1 Å². The Morgan fingerprint density at radius 1 is 0.920 bits per heavy atom. The number of hydrogen-bond donors (Lipinski definition) is 0. The average Bonchev–Trinajstić information content (AvgIpc) is 3.69. The van der Waals surface area contributed by atoms with Crippen LogP contribution in [0.2, 0.25) is 5.02 Å². The number of esters is 1. The first-order valence-electron chi connectivity index (χ1n) is 18.3. The van der Waals surface area contributed by atoms with Gasteiger partial charge in [0.1, 0.15) is 5.82 Å². The Hall–Kier alpha value is -3.41. The summed E-state index contributed by atoms with van der Waals surface area (Å²) in [5.74, 6) is -0.150. The van der Waals surface area contributed by atoms with Gasteiger partial charge in [0.2, 0.25) is 5.91 Å². The van der Waals surface area contributed by atoms with Gasteiger partial charge in [-0.15, -0.1) is 0 Å². The highest BCUT2D eigenvalue weighted by Crippen LogP contribution is 2.36. The molecule has 10 nitrogen and oxygen atoms in total. The molecule has 0 spiro atoms. The van der Waals surface area contributed by atoms with Gasteiger partial charge in [0, 0.05) is 43.1 Å². The number of hydrogen-bond acceptors (Lipinski definition) is 10. The van der Waals surface area contributed by atoms with E-state index in [9.17, 15) is 14.4 Å². The van der Waals surface area contributed by atoms with E-state index >= 15 is 0 Å². The zero-order valence-corrected chi connectivity index (χ0v) is 31.1. The van der Waals surface area contributed by atoms with Crippen molar-refractivity contribution in [3.63, 3.8) is 0 Å². The van der Waals surface area contributed by atoms with E-state index in [4.69, 9.17) is 30.2 Å². The van der Waals surface area contributed by atoms with E-state index in [0.29, 0.717) is 23.6 Å². The molecule has 1 saturated heterocycles. The van der Waals surface area contributed by atoms with Crippen LogP contribution in [0.3, 0.4) is 0 Å². The molecule has 2 aliphatic heterocycles. The summed E-state index contributed by atoms with van der Waals surface area (Å²) >= 11 is 8.31. The van der Waals surface area contributed by atoms with E-state index in [2.05, 4.69) is 34.9 Å². The fourth-order valence-corrected chi connectivity index (χ4v) is 7.76. The molecule has 0 N–H and O–H groups in total. The molecule has 3 aromatic rings. The van der Waals surface area contributed by atoms with Crippen LogP contribution in [-0.4, -0.2) is 79.5 Å². The summed E-state index contributed by atoms with van der Waals surface area (Å²) in [6.07, 6.45) is 9.75. The Morgan fingerprint density at radius 2 is 1.62 bits per heavy atom. The third kappa shape index (κ3) is 10.1. The van der Waals surface area contributed by atoms with Crippen LogP contribution in [0.1, 0.15) is 89.2 Å². The number of fused-ring (bicyclic) bond motifs is 2. The molecule has 272 valence electrons. The highest BCUT2D eigenvalue weighted by Gasteiger charge is 2.41. The van der Waals surface area contributed by atoms with E-state index in [1.165, 1.54) is 59.9 Å². The van der Waals surface area contributed by atoms with Crippen LogP contribution in [0.25, 0.3) is 10.1 Å². The maximum atomic E-state index is 13.3. The second-order valence-electron chi connectivity index (χ2n) is 13.1. The fraction of sp³-hybridized carbons (Fsp3) is 0.579. The summed E-state index contributed by atoms with van der Waals surface area (Å²) in [5, 5.41) is 1.69. The van der Waals surface area contributed by atoms with Crippen molar-refractivity contribution in [2.24, 2.45) is 0 Å². The molecule has 2 aromatic carbocycles. The van der Waals surface area contributed by atoms with Crippen LogP contribution in [0.5, 0.6) is 0 Å². The predicted molar refractivity (Wildman–Crippen MR) is 199 cm³/mol. The normalized spacial score (nSPS) is 15.4. The van der Waals surface area contributed by atoms with Gasteiger partial charge in [-0.25, -0.2) is 9.59 Å². The number of unbranched alkanes of at least 4 members (excludes halogenated alkanes) is 9. The number of nitrogens with zero attached hydrogens (tertiary/aromatic N) is 4. The molecule has 1 fully saturated rings. The highest BCUT2D eigenvalue weighted by atomic mass is 35.5. The zero-order chi connectivity index (χ0) is 35.3. The van der Waals surface area contributed by atoms with Crippen LogP contribution in [0, 0.1) is 0 Å². The van der Waals surface area contributed by atoms with Crippen LogP contribution in [-0.2, 0) is 36.6 Å². The minimum Gasteiger partial charge on any atom is -0.462 e. The predicted octanol–water partition coefficient (Wildman–Crippen LogP) is 8.17. The van der Waals surface area contributed by atoms with E-state index < -0.39 is 18.4 Å². The molecule has 12 heteroatoms. The second kappa shape index (κ2) is 19.3. The molecule has 0 saturated carbocycles. The Labute approximate surface area is 305 Å². The summed E-state index contributed by atoms with van der Waals surface area (Å²) in [4.78, 5) is 44.9. The molecule has 50 heavy (non-hydrogen) atoms. The second-order valence-corrected chi connectivity index (χ2v) is 14.3. The number of benzene rings is 2. The number of rotatable bonds is 19. The van der Waals surface area contributed by atoms with Gasteiger partial charge in [0.15, 0.2) is 0 Å². The molecule has 1 atom stereocenters. The number of anilines is 2. The minimum atomic E-state index is -1.60. The smallest absolute Gasteiger partial charge is 0.462 e. The topological polar surface area (TPSA) is 102 Å². The number of amides is 1. The quantitative estimate of drug-likeness (QED) is 0.0895. The number of carbonyl (C=O) groups is 3. The summed E-state index contributed by atoms with van der Waals surface area (Å²) < 4.78 is 21.8. The largest absolute Gasteiger partial charge is 0.510 e. The molecule has 2 aliphatic rings. The molecule has 5 rings (SSSR count). The third-order valence-electron chi connectivity index (χ3n) is 9.49. The molecule has 1 unspecified atom stereocenters. The Kier molecular flexibility index (Phi) is 14.6. The first kappa shape index (κ1) is 37.8.